The predicted octanol–water partition coefficient (Wildman–Crippen LogP) is 12.4. The fourth-order valence-electron chi connectivity index (χ4n) is 9.39. The van der Waals surface area contributed by atoms with Crippen LogP contribution in [0.3, 0.4) is 0 Å². The molecule has 0 aliphatic carbocycles. The number of phenols is 1. The fraction of sp³-hybridized carbons (Fsp3) is 0.219. The topological polar surface area (TPSA) is 314 Å². The molecule has 0 unspecified atom stereocenters. The zero-order valence-electron chi connectivity index (χ0n) is 52.2. The number of benzene rings is 5. The monoisotopic (exact) mass is 1470 g/mol. The number of nitrogens with one attached hydrogen (secondary N) is 6. The lowest BCUT2D eigenvalue weighted by molar-refractivity contribution is -0.116. The zero-order valence-corrected chi connectivity index (χ0v) is 56.9. The number of nitrogens with zero attached hydrogens (tertiary/aromatic N) is 9. The normalized spacial score (nSPS) is 11.8. The number of hydrogen-bond donors (Lipinski definition) is 7. The van der Waals surface area contributed by atoms with Crippen molar-refractivity contribution >= 4 is 129 Å². The number of aromatic hydroxyl groups is 1. The summed E-state index contributed by atoms with van der Waals surface area (Å²) in [6.45, 7) is 4.47. The summed E-state index contributed by atoms with van der Waals surface area (Å²) in [5.41, 5.74) is 5.34. The third-order valence-corrected chi connectivity index (χ3v) is 15.7. The first kappa shape index (κ1) is 67.9. The average Bonchev–Trinajstić information content (AvgIpc) is 0.883. The second-order valence-electron chi connectivity index (χ2n) is 19.9. The summed E-state index contributed by atoms with van der Waals surface area (Å²) in [5.74, 6) is 6.19. The van der Waals surface area contributed by atoms with Crippen LogP contribution in [0.25, 0.3) is 0 Å². The Morgan fingerprint density at radius 3 is 1.81 bits per heavy atom. The number of likely N-dealkylation sites (N-methyl/N-ethyl adjacent to an activating group) is 1. The van der Waals surface area contributed by atoms with Gasteiger partial charge in [0, 0.05) is 92.5 Å². The summed E-state index contributed by atoms with van der Waals surface area (Å²) in [7, 11) is 12.3. The highest BCUT2D eigenvalue weighted by molar-refractivity contribution is 9.11. The van der Waals surface area contributed by atoms with Crippen molar-refractivity contribution in [3.05, 3.63) is 152 Å². The Morgan fingerprint density at radius 2 is 1.20 bits per heavy atom. The minimum Gasteiger partial charge on any atom is -0.507 e. The third-order valence-electron chi connectivity index (χ3n) is 14.0. The van der Waals surface area contributed by atoms with Crippen molar-refractivity contribution in [1.29, 1.82) is 0 Å². The van der Waals surface area contributed by atoms with Crippen LogP contribution in [0.15, 0.2) is 135 Å². The Labute approximate surface area is 565 Å². The molecule has 0 radical (unpaired) electrons. The van der Waals surface area contributed by atoms with E-state index in [-0.39, 0.29) is 40.9 Å². The molecule has 30 heteroatoms. The Kier molecular flexibility index (Phi) is 22.9. The van der Waals surface area contributed by atoms with E-state index in [0.29, 0.717) is 103 Å². The molecule has 3 amide bonds. The van der Waals surface area contributed by atoms with Crippen LogP contribution in [0, 0.1) is 0 Å². The molecule has 0 saturated carbocycles. The van der Waals surface area contributed by atoms with Gasteiger partial charge >= 0.3 is 0 Å². The van der Waals surface area contributed by atoms with Crippen molar-refractivity contribution < 1.29 is 57.4 Å². The molecular weight excluding hydrogens is 1410 g/mol. The molecule has 7 N–H and O–H groups in total. The molecule has 9 aromatic rings. The second-order valence-corrected chi connectivity index (χ2v) is 22.4. The van der Waals surface area contributed by atoms with Gasteiger partial charge in [0.2, 0.25) is 41.1 Å². The summed E-state index contributed by atoms with van der Waals surface area (Å²) >= 11 is 10.3. The van der Waals surface area contributed by atoms with E-state index in [2.05, 4.69) is 126 Å². The van der Waals surface area contributed by atoms with Crippen molar-refractivity contribution in [2.24, 2.45) is 0 Å². The molecule has 11 rings (SSSR count). The number of methoxy groups -OCH3 is 6. The fourth-order valence-corrected chi connectivity index (χ4v) is 10.4. The standard InChI is InChI=1S/C22H22BrN7O2.2C21H21BrN4O5/c1-2-30-7-8-32-18-10-15(11-24-21(18)30)26-20-16(23)12-25-22(29-20)27-14-4-5-17-13(9-14)3-6-19(31)28-17;1-26(20(28)13-7-5-6-8-15(13)27)19-14(22)11-23-21(25-19)24-12-9-16(29-2)18(31-4)17(10-12)30-3;1-23-19(27)13-7-5-6-8-15(13)31-20-14(22)11-24-21(26-20)25-12-9-16(28-2)18(30-4)17(10-12)29-3/h4-5,9-12H,2-3,6-8H2,1H3,(H,28,31)(H2,25,26,27,29);5-11,27H,1-4H3,(H,23,24,25);5-11H,1-4H3,(H,23,27)(H,24,25,26). The van der Waals surface area contributed by atoms with Crippen molar-refractivity contribution in [2.45, 2.75) is 19.8 Å². The number of ether oxygens (including phenoxy) is 8. The number of aryl methyl sites for hydroxylation is 1. The number of phenolic OH excluding ortho intramolecular Hbond substituents is 1. The molecule has 6 heterocycles. The number of carbonyl (C=O) groups is 3. The van der Waals surface area contributed by atoms with Gasteiger partial charge in [0.15, 0.2) is 40.4 Å². The van der Waals surface area contributed by atoms with Gasteiger partial charge in [-0.1, -0.05) is 24.3 Å². The van der Waals surface area contributed by atoms with E-state index in [1.807, 2.05) is 24.3 Å². The number of para-hydroxylation sites is 2. The average molecular weight is 1480 g/mol. The van der Waals surface area contributed by atoms with Gasteiger partial charge in [-0.25, -0.2) is 19.9 Å². The first-order chi connectivity index (χ1) is 45.5. The van der Waals surface area contributed by atoms with Gasteiger partial charge in [0.05, 0.1) is 91.8 Å². The molecule has 488 valence electrons. The van der Waals surface area contributed by atoms with Crippen LogP contribution in [-0.4, -0.2) is 134 Å². The zero-order chi connectivity index (χ0) is 67.0. The number of fused-ring (bicyclic) bond motifs is 2. The molecule has 2 aliphatic heterocycles. The molecule has 0 spiro atoms. The maximum atomic E-state index is 12.8. The molecule has 0 atom stereocenters. The van der Waals surface area contributed by atoms with Gasteiger partial charge in [0.25, 0.3) is 11.8 Å². The van der Waals surface area contributed by atoms with Gasteiger partial charge in [-0.3, -0.25) is 19.3 Å². The van der Waals surface area contributed by atoms with E-state index in [9.17, 15) is 19.5 Å². The highest BCUT2D eigenvalue weighted by Gasteiger charge is 2.24. The van der Waals surface area contributed by atoms with Crippen LogP contribution in [0.1, 0.15) is 39.6 Å². The van der Waals surface area contributed by atoms with E-state index >= 15 is 0 Å². The lowest BCUT2D eigenvalue weighted by atomic mass is 10.0. The number of aromatic nitrogens is 7. The van der Waals surface area contributed by atoms with Crippen LogP contribution in [0.2, 0.25) is 0 Å². The Morgan fingerprint density at radius 1 is 0.628 bits per heavy atom. The van der Waals surface area contributed by atoms with Gasteiger partial charge in [0.1, 0.15) is 23.9 Å². The predicted molar refractivity (Wildman–Crippen MR) is 366 cm³/mol. The number of rotatable bonds is 20. The number of pyridine rings is 1. The first-order valence-corrected chi connectivity index (χ1v) is 31.0. The van der Waals surface area contributed by atoms with Crippen molar-refractivity contribution in [1.82, 2.24) is 40.2 Å². The van der Waals surface area contributed by atoms with Crippen LogP contribution in [0.4, 0.5) is 63.7 Å². The molecule has 2 aliphatic rings. The van der Waals surface area contributed by atoms with Gasteiger partial charge in [-0.2, -0.15) is 15.0 Å². The van der Waals surface area contributed by atoms with Crippen LogP contribution < -0.4 is 79.6 Å². The molecule has 0 fully saturated rings. The molecule has 0 bridgehead atoms. The molecule has 5 aromatic carbocycles. The Hall–Kier alpha value is -10.5. The van der Waals surface area contributed by atoms with Crippen LogP contribution >= 0.6 is 47.8 Å². The van der Waals surface area contributed by atoms with E-state index < -0.39 is 5.91 Å². The number of carbonyl (C=O) groups excluding carboxylic acids is 3. The molecule has 0 saturated heterocycles. The quantitative estimate of drug-likeness (QED) is 0.0373. The first-order valence-electron chi connectivity index (χ1n) is 28.6. The number of amides is 3. The van der Waals surface area contributed by atoms with E-state index in [1.54, 1.807) is 99.4 Å². The van der Waals surface area contributed by atoms with Crippen LogP contribution in [0.5, 0.6) is 57.6 Å². The Bertz CT molecular complexity index is 4180. The number of hydrogen-bond acceptors (Lipinski definition) is 24. The van der Waals surface area contributed by atoms with Gasteiger partial charge in [-0.15, -0.1) is 0 Å². The maximum Gasteiger partial charge on any atom is 0.262 e. The minimum atomic E-state index is -0.420. The van der Waals surface area contributed by atoms with E-state index in [0.717, 1.165) is 51.8 Å². The molecule has 4 aromatic heterocycles. The second kappa shape index (κ2) is 31.7. The summed E-state index contributed by atoms with van der Waals surface area (Å²) < 4.78 is 45.6. The molecular formula is C64H64Br3N15O12. The van der Waals surface area contributed by atoms with Gasteiger partial charge < -0.3 is 79.8 Å². The maximum absolute atomic E-state index is 12.8. The SMILES string of the molecule is CCN1CCOc2cc(Nc3nc(Nc4ccc5c(c4)CCC(=O)N5)ncc3Br)cnc21.CNC(=O)c1ccccc1Oc1nc(Nc2cc(OC)c(OC)c(OC)c2)ncc1Br.COc1cc(Nc2ncc(Br)c(N(C)C(=O)c3ccccc3O)n2)cc(OC)c1OC. The lowest BCUT2D eigenvalue weighted by Gasteiger charge is -2.29. The van der Waals surface area contributed by atoms with Crippen molar-refractivity contribution in [2.75, 3.05) is 113 Å². The van der Waals surface area contributed by atoms with Crippen molar-refractivity contribution in [3.8, 4) is 57.6 Å². The molecule has 27 nitrogen and oxygen atoms in total. The molecule has 94 heavy (non-hydrogen) atoms. The highest BCUT2D eigenvalue weighted by atomic mass is 79.9. The summed E-state index contributed by atoms with van der Waals surface area (Å²) in [6.07, 6.45) is 7.75. The third kappa shape index (κ3) is 16.4. The van der Waals surface area contributed by atoms with E-state index in [1.165, 1.54) is 59.8 Å². The largest absolute Gasteiger partial charge is 0.507 e. The lowest BCUT2D eigenvalue weighted by Crippen LogP contribution is -2.33. The minimum absolute atomic E-state index is 0.0506. The van der Waals surface area contributed by atoms with E-state index in [4.69, 9.17) is 37.9 Å². The number of halogens is 3. The van der Waals surface area contributed by atoms with Gasteiger partial charge in [-0.05, 0) is 109 Å². The van der Waals surface area contributed by atoms with Crippen LogP contribution in [-0.2, 0) is 11.2 Å². The number of anilines is 11. The van der Waals surface area contributed by atoms with Crippen molar-refractivity contribution in [3.63, 3.8) is 0 Å². The summed E-state index contributed by atoms with van der Waals surface area (Å²) in [6, 6.07) is 27.8. The smallest absolute Gasteiger partial charge is 0.262 e. The highest BCUT2D eigenvalue weighted by Crippen LogP contribution is 2.43. The Balaban J connectivity index is 0.000000166. The summed E-state index contributed by atoms with van der Waals surface area (Å²) in [4.78, 5) is 70.9. The summed E-state index contributed by atoms with van der Waals surface area (Å²) in [5, 5.41) is 28.2.